The highest BCUT2D eigenvalue weighted by Gasteiger charge is 2.23. The van der Waals surface area contributed by atoms with Gasteiger partial charge in [-0.2, -0.15) is 0 Å². The van der Waals surface area contributed by atoms with Gasteiger partial charge in [0.05, 0.1) is 29.9 Å². The van der Waals surface area contributed by atoms with Gasteiger partial charge in [-0.25, -0.2) is 13.1 Å². The van der Waals surface area contributed by atoms with E-state index in [4.69, 9.17) is 4.74 Å². The summed E-state index contributed by atoms with van der Waals surface area (Å²) in [5.41, 5.74) is 1.20. The van der Waals surface area contributed by atoms with Crippen molar-refractivity contribution in [2.24, 2.45) is 7.05 Å². The number of carbonyl (C=O) groups excluding carboxylic acids is 1. The second-order valence-corrected chi connectivity index (χ2v) is 9.09. The van der Waals surface area contributed by atoms with Crippen molar-refractivity contribution < 1.29 is 17.9 Å². The Morgan fingerprint density at radius 1 is 1.09 bits per heavy atom. The number of carbonyl (C=O) groups is 1. The van der Waals surface area contributed by atoms with Gasteiger partial charge in [-0.1, -0.05) is 18.2 Å². The Kier molecular flexibility index (Phi) is 6.73. The minimum absolute atomic E-state index is 0.0986. The second kappa shape index (κ2) is 9.31. The zero-order valence-electron chi connectivity index (χ0n) is 18.4. The van der Waals surface area contributed by atoms with Gasteiger partial charge in [0.15, 0.2) is 0 Å². The third-order valence-corrected chi connectivity index (χ3v) is 6.08. The van der Waals surface area contributed by atoms with Gasteiger partial charge in [0, 0.05) is 7.05 Å². The van der Waals surface area contributed by atoms with Crippen LogP contribution in [0.2, 0.25) is 0 Å². The van der Waals surface area contributed by atoms with Crippen molar-refractivity contribution >= 4 is 27.3 Å². The molecular formula is C22H26N4O5S. The zero-order chi connectivity index (χ0) is 23.5. The van der Waals surface area contributed by atoms with Gasteiger partial charge in [0.2, 0.25) is 15.9 Å². The molecule has 10 heteroatoms. The molecule has 1 amide bonds. The van der Waals surface area contributed by atoms with Gasteiger partial charge in [-0.15, -0.1) is 0 Å². The van der Waals surface area contributed by atoms with Crippen LogP contribution in [0.1, 0.15) is 12.6 Å². The molecule has 9 nitrogen and oxygen atoms in total. The summed E-state index contributed by atoms with van der Waals surface area (Å²) >= 11 is 0. The SMILES string of the molecule is CCOc1ccc(N(CC(=O)Nc2c(C)n(C)n(-c3ccccc3)c2=O)S(C)(=O)=O)cc1. The Morgan fingerprint density at radius 3 is 2.28 bits per heavy atom. The first kappa shape index (κ1) is 23.1. The molecular weight excluding hydrogens is 432 g/mol. The van der Waals surface area contributed by atoms with Crippen LogP contribution in [0.3, 0.4) is 0 Å². The van der Waals surface area contributed by atoms with E-state index in [1.807, 2.05) is 25.1 Å². The lowest BCUT2D eigenvalue weighted by Gasteiger charge is -2.22. The summed E-state index contributed by atoms with van der Waals surface area (Å²) in [5, 5.41) is 2.59. The Morgan fingerprint density at radius 2 is 1.72 bits per heavy atom. The van der Waals surface area contributed by atoms with Crippen LogP contribution in [-0.4, -0.2) is 43.1 Å². The van der Waals surface area contributed by atoms with Crippen molar-refractivity contribution in [3.8, 4) is 11.4 Å². The molecule has 1 heterocycles. The molecule has 0 unspecified atom stereocenters. The molecule has 0 aliphatic heterocycles. The first-order chi connectivity index (χ1) is 15.1. The molecule has 0 aliphatic carbocycles. The van der Waals surface area contributed by atoms with E-state index in [1.54, 1.807) is 55.1 Å². The van der Waals surface area contributed by atoms with Crippen LogP contribution in [0.25, 0.3) is 5.69 Å². The number of anilines is 2. The van der Waals surface area contributed by atoms with Crippen molar-refractivity contribution in [1.82, 2.24) is 9.36 Å². The predicted octanol–water partition coefficient (Wildman–Crippen LogP) is 2.29. The molecule has 0 bridgehead atoms. The molecule has 0 radical (unpaired) electrons. The number of amides is 1. The molecule has 1 aromatic heterocycles. The average Bonchev–Trinajstić information content (AvgIpc) is 2.96. The molecule has 2 aromatic carbocycles. The van der Waals surface area contributed by atoms with E-state index in [9.17, 15) is 18.0 Å². The van der Waals surface area contributed by atoms with E-state index in [-0.39, 0.29) is 5.69 Å². The van der Waals surface area contributed by atoms with Crippen LogP contribution in [0.5, 0.6) is 5.75 Å². The van der Waals surface area contributed by atoms with Crippen LogP contribution in [0.15, 0.2) is 59.4 Å². The summed E-state index contributed by atoms with van der Waals surface area (Å²) in [6.45, 7) is 3.55. The molecule has 0 saturated carbocycles. The standard InChI is InChI=1S/C22H26N4O5S/c1-5-31-19-13-11-17(12-14-19)25(32(4,29)30)15-20(27)23-21-16(2)24(3)26(22(21)28)18-9-7-6-8-10-18/h6-14H,5,15H2,1-4H3,(H,23,27). The maximum Gasteiger partial charge on any atom is 0.295 e. The molecule has 1 N–H and O–H groups in total. The Hall–Kier alpha value is -3.53. The normalized spacial score (nSPS) is 11.2. The van der Waals surface area contributed by atoms with Gasteiger partial charge in [-0.3, -0.25) is 18.6 Å². The highest BCUT2D eigenvalue weighted by atomic mass is 32.2. The number of ether oxygens (including phenoxy) is 1. The van der Waals surface area contributed by atoms with Crippen LogP contribution in [-0.2, 0) is 21.9 Å². The number of nitrogens with one attached hydrogen (secondary N) is 1. The molecule has 0 spiro atoms. The number of para-hydroxylation sites is 1. The lowest BCUT2D eigenvalue weighted by atomic mass is 10.3. The maximum absolute atomic E-state index is 13.0. The quantitative estimate of drug-likeness (QED) is 0.558. The lowest BCUT2D eigenvalue weighted by Crippen LogP contribution is -2.38. The highest BCUT2D eigenvalue weighted by Crippen LogP contribution is 2.22. The minimum atomic E-state index is -3.75. The van der Waals surface area contributed by atoms with Gasteiger partial charge in [-0.05, 0) is 50.2 Å². The molecule has 3 aromatic rings. The fraction of sp³-hybridized carbons (Fsp3) is 0.273. The zero-order valence-corrected chi connectivity index (χ0v) is 19.2. The minimum Gasteiger partial charge on any atom is -0.494 e. The number of hydrogen-bond acceptors (Lipinski definition) is 5. The van der Waals surface area contributed by atoms with E-state index in [2.05, 4.69) is 5.32 Å². The van der Waals surface area contributed by atoms with Crippen molar-refractivity contribution in [2.75, 3.05) is 29.0 Å². The van der Waals surface area contributed by atoms with Crippen molar-refractivity contribution in [2.45, 2.75) is 13.8 Å². The molecule has 0 aliphatic rings. The van der Waals surface area contributed by atoms with Gasteiger partial charge < -0.3 is 10.1 Å². The molecule has 0 fully saturated rings. The van der Waals surface area contributed by atoms with Gasteiger partial charge in [0.1, 0.15) is 18.0 Å². The summed E-state index contributed by atoms with van der Waals surface area (Å²) < 4.78 is 34.1. The summed E-state index contributed by atoms with van der Waals surface area (Å²) in [5.74, 6) is -0.0363. The molecule has 170 valence electrons. The van der Waals surface area contributed by atoms with Crippen molar-refractivity contribution in [3.05, 3.63) is 70.6 Å². The van der Waals surface area contributed by atoms with Gasteiger partial charge >= 0.3 is 0 Å². The number of rotatable bonds is 8. The summed E-state index contributed by atoms with van der Waals surface area (Å²) in [6.07, 6.45) is 1.02. The average molecular weight is 459 g/mol. The largest absolute Gasteiger partial charge is 0.494 e. The molecule has 3 rings (SSSR count). The van der Waals surface area contributed by atoms with Crippen LogP contribution < -0.4 is 19.9 Å². The number of aromatic nitrogens is 2. The van der Waals surface area contributed by atoms with Crippen LogP contribution >= 0.6 is 0 Å². The number of sulfonamides is 1. The third kappa shape index (κ3) is 4.86. The first-order valence-corrected chi connectivity index (χ1v) is 11.8. The van der Waals surface area contributed by atoms with Crippen LogP contribution in [0.4, 0.5) is 11.4 Å². The monoisotopic (exact) mass is 458 g/mol. The van der Waals surface area contributed by atoms with Crippen molar-refractivity contribution in [3.63, 3.8) is 0 Å². The highest BCUT2D eigenvalue weighted by molar-refractivity contribution is 7.92. The van der Waals surface area contributed by atoms with E-state index >= 15 is 0 Å². The summed E-state index contributed by atoms with van der Waals surface area (Å²) in [4.78, 5) is 25.8. The van der Waals surface area contributed by atoms with E-state index in [1.165, 1.54) is 4.68 Å². The van der Waals surface area contributed by atoms with Crippen molar-refractivity contribution in [1.29, 1.82) is 0 Å². The number of hydrogen-bond donors (Lipinski definition) is 1. The topological polar surface area (TPSA) is 103 Å². The Bertz CT molecular complexity index is 1260. The van der Waals surface area contributed by atoms with E-state index in [0.717, 1.165) is 10.6 Å². The second-order valence-electron chi connectivity index (χ2n) is 7.18. The third-order valence-electron chi connectivity index (χ3n) is 4.94. The fourth-order valence-electron chi connectivity index (χ4n) is 3.30. The molecule has 32 heavy (non-hydrogen) atoms. The first-order valence-electron chi connectivity index (χ1n) is 9.98. The van der Waals surface area contributed by atoms with E-state index < -0.39 is 28.0 Å². The van der Waals surface area contributed by atoms with E-state index in [0.29, 0.717) is 29.4 Å². The van der Waals surface area contributed by atoms with Crippen LogP contribution in [0, 0.1) is 6.92 Å². The van der Waals surface area contributed by atoms with Gasteiger partial charge in [0.25, 0.3) is 5.56 Å². The molecule has 0 atom stereocenters. The lowest BCUT2D eigenvalue weighted by molar-refractivity contribution is -0.114. The maximum atomic E-state index is 13.0. The fourth-order valence-corrected chi connectivity index (χ4v) is 4.15. The molecule has 0 saturated heterocycles. The summed E-state index contributed by atoms with van der Waals surface area (Å²) in [6, 6.07) is 15.4. The smallest absolute Gasteiger partial charge is 0.295 e. The number of benzene rings is 2. The predicted molar refractivity (Wildman–Crippen MR) is 124 cm³/mol. The summed E-state index contributed by atoms with van der Waals surface area (Å²) in [7, 11) is -2.04. The number of nitrogens with zero attached hydrogens (tertiary/aromatic N) is 3. The Labute approximate surface area is 186 Å². The Balaban J connectivity index is 1.87.